The summed E-state index contributed by atoms with van der Waals surface area (Å²) in [4.78, 5) is 2.44. The fourth-order valence-electron chi connectivity index (χ4n) is 2.58. The minimum absolute atomic E-state index is 0.132. The number of rotatable bonds is 4. The number of methoxy groups -OCH3 is 1. The molecular formula is C14H22N2O. The van der Waals surface area contributed by atoms with Crippen LogP contribution in [0.2, 0.25) is 0 Å². The summed E-state index contributed by atoms with van der Waals surface area (Å²) >= 11 is 0. The first-order valence-electron chi connectivity index (χ1n) is 6.29. The molecule has 3 heteroatoms. The molecule has 1 atom stereocenters. The van der Waals surface area contributed by atoms with Crippen molar-refractivity contribution < 1.29 is 4.74 Å². The first-order valence-corrected chi connectivity index (χ1v) is 6.29. The number of nitrogens with two attached hydrogens (primary N) is 1. The van der Waals surface area contributed by atoms with Gasteiger partial charge in [0.25, 0.3) is 0 Å². The molecular weight excluding hydrogens is 212 g/mol. The van der Waals surface area contributed by atoms with E-state index in [9.17, 15) is 0 Å². The van der Waals surface area contributed by atoms with E-state index in [4.69, 9.17) is 10.5 Å². The van der Waals surface area contributed by atoms with Crippen LogP contribution in [0.25, 0.3) is 0 Å². The lowest BCUT2D eigenvalue weighted by molar-refractivity contribution is -0.0595. The smallest absolute Gasteiger partial charge is 0.0926 e. The van der Waals surface area contributed by atoms with Crippen LogP contribution in [0.5, 0.6) is 0 Å². The van der Waals surface area contributed by atoms with E-state index in [1.54, 1.807) is 7.11 Å². The third kappa shape index (κ3) is 3.06. The number of ether oxygens (including phenoxy) is 1. The molecule has 2 rings (SSSR count). The molecule has 1 aliphatic rings. The maximum absolute atomic E-state index is 5.85. The number of likely N-dealkylation sites (tertiary alicyclic amines) is 1. The summed E-state index contributed by atoms with van der Waals surface area (Å²) in [6.07, 6.45) is 2.24. The van der Waals surface area contributed by atoms with Gasteiger partial charge in [0.1, 0.15) is 0 Å². The number of hydrogen-bond acceptors (Lipinski definition) is 3. The Labute approximate surface area is 104 Å². The Hall–Kier alpha value is -0.900. The van der Waals surface area contributed by atoms with E-state index in [0.717, 1.165) is 32.5 Å². The lowest BCUT2D eigenvalue weighted by Gasteiger charge is -2.41. The van der Waals surface area contributed by atoms with Crippen LogP contribution < -0.4 is 5.73 Å². The Morgan fingerprint density at radius 1 is 1.35 bits per heavy atom. The quantitative estimate of drug-likeness (QED) is 0.860. The second-order valence-electron chi connectivity index (χ2n) is 4.89. The van der Waals surface area contributed by atoms with Crippen LogP contribution in [0.3, 0.4) is 0 Å². The van der Waals surface area contributed by atoms with Crippen LogP contribution in [0.1, 0.15) is 18.4 Å². The second kappa shape index (κ2) is 5.63. The molecule has 1 aliphatic heterocycles. The predicted octanol–water partition coefficient (Wildman–Crippen LogP) is 1.63. The van der Waals surface area contributed by atoms with Crippen molar-refractivity contribution in [2.24, 2.45) is 5.73 Å². The SMILES string of the molecule is COC1(CN)CCCN(Cc2ccccc2)C1. The van der Waals surface area contributed by atoms with Crippen molar-refractivity contribution >= 4 is 0 Å². The zero-order valence-electron chi connectivity index (χ0n) is 10.6. The van der Waals surface area contributed by atoms with E-state index in [-0.39, 0.29) is 5.60 Å². The van der Waals surface area contributed by atoms with Gasteiger partial charge < -0.3 is 10.5 Å². The summed E-state index contributed by atoms with van der Waals surface area (Å²) in [5, 5.41) is 0. The summed E-state index contributed by atoms with van der Waals surface area (Å²) in [6.45, 7) is 3.68. The summed E-state index contributed by atoms with van der Waals surface area (Å²) in [5.41, 5.74) is 7.08. The zero-order chi connectivity index (χ0) is 12.1. The summed E-state index contributed by atoms with van der Waals surface area (Å²) in [7, 11) is 1.78. The molecule has 0 aliphatic carbocycles. The molecule has 17 heavy (non-hydrogen) atoms. The third-order valence-corrected chi connectivity index (χ3v) is 3.67. The minimum atomic E-state index is -0.132. The fourth-order valence-corrected chi connectivity index (χ4v) is 2.58. The van der Waals surface area contributed by atoms with Gasteiger partial charge in [0, 0.05) is 26.7 Å². The molecule has 0 saturated carbocycles. The van der Waals surface area contributed by atoms with Gasteiger partial charge in [0.2, 0.25) is 0 Å². The van der Waals surface area contributed by atoms with E-state index >= 15 is 0 Å². The maximum atomic E-state index is 5.85. The Morgan fingerprint density at radius 2 is 2.12 bits per heavy atom. The molecule has 1 saturated heterocycles. The van der Waals surface area contributed by atoms with Gasteiger partial charge in [-0.25, -0.2) is 0 Å². The van der Waals surface area contributed by atoms with Gasteiger partial charge in [-0.2, -0.15) is 0 Å². The number of benzene rings is 1. The van der Waals surface area contributed by atoms with Crippen molar-refractivity contribution in [1.29, 1.82) is 0 Å². The monoisotopic (exact) mass is 234 g/mol. The van der Waals surface area contributed by atoms with Gasteiger partial charge in [0.15, 0.2) is 0 Å². The molecule has 0 radical (unpaired) electrons. The van der Waals surface area contributed by atoms with Crippen LogP contribution in [0.4, 0.5) is 0 Å². The standard InChI is InChI=1S/C14H22N2O/c1-17-14(11-15)8-5-9-16(12-14)10-13-6-3-2-4-7-13/h2-4,6-7H,5,8-12,15H2,1H3. The number of hydrogen-bond donors (Lipinski definition) is 1. The summed E-state index contributed by atoms with van der Waals surface area (Å²) < 4.78 is 5.63. The van der Waals surface area contributed by atoms with Gasteiger partial charge in [-0.1, -0.05) is 30.3 Å². The van der Waals surface area contributed by atoms with Crippen molar-refractivity contribution in [3.05, 3.63) is 35.9 Å². The van der Waals surface area contributed by atoms with E-state index in [1.807, 2.05) is 0 Å². The van der Waals surface area contributed by atoms with Crippen molar-refractivity contribution in [2.75, 3.05) is 26.7 Å². The van der Waals surface area contributed by atoms with E-state index in [1.165, 1.54) is 5.56 Å². The highest BCUT2D eigenvalue weighted by atomic mass is 16.5. The molecule has 0 bridgehead atoms. The zero-order valence-corrected chi connectivity index (χ0v) is 10.6. The first-order chi connectivity index (χ1) is 8.28. The van der Waals surface area contributed by atoms with Crippen molar-refractivity contribution in [3.8, 4) is 0 Å². The lowest BCUT2D eigenvalue weighted by Crippen LogP contribution is -2.53. The molecule has 1 unspecified atom stereocenters. The predicted molar refractivity (Wildman–Crippen MR) is 69.7 cm³/mol. The molecule has 1 aromatic rings. The maximum Gasteiger partial charge on any atom is 0.0926 e. The molecule has 0 aromatic heterocycles. The normalized spacial score (nSPS) is 26.0. The van der Waals surface area contributed by atoms with Crippen molar-refractivity contribution in [3.63, 3.8) is 0 Å². The van der Waals surface area contributed by atoms with Crippen LogP contribution in [-0.2, 0) is 11.3 Å². The lowest BCUT2D eigenvalue weighted by atomic mass is 9.92. The second-order valence-corrected chi connectivity index (χ2v) is 4.89. The van der Waals surface area contributed by atoms with Crippen LogP contribution in [0.15, 0.2) is 30.3 Å². The third-order valence-electron chi connectivity index (χ3n) is 3.67. The molecule has 3 nitrogen and oxygen atoms in total. The summed E-state index contributed by atoms with van der Waals surface area (Å²) in [6, 6.07) is 10.6. The van der Waals surface area contributed by atoms with E-state index in [0.29, 0.717) is 6.54 Å². The molecule has 94 valence electrons. The minimum Gasteiger partial charge on any atom is -0.376 e. The Bertz CT molecular complexity index is 335. The van der Waals surface area contributed by atoms with Gasteiger partial charge >= 0.3 is 0 Å². The molecule has 0 amide bonds. The van der Waals surface area contributed by atoms with Crippen molar-refractivity contribution in [1.82, 2.24) is 4.90 Å². The highest BCUT2D eigenvalue weighted by molar-refractivity contribution is 5.14. The van der Waals surface area contributed by atoms with Gasteiger partial charge in [-0.15, -0.1) is 0 Å². The Morgan fingerprint density at radius 3 is 2.76 bits per heavy atom. The summed E-state index contributed by atoms with van der Waals surface area (Å²) in [5.74, 6) is 0. The van der Waals surface area contributed by atoms with Crippen LogP contribution >= 0.6 is 0 Å². The number of piperidine rings is 1. The van der Waals surface area contributed by atoms with Gasteiger partial charge in [-0.3, -0.25) is 4.90 Å². The van der Waals surface area contributed by atoms with Gasteiger partial charge in [0.05, 0.1) is 5.60 Å². The first kappa shape index (κ1) is 12.6. The van der Waals surface area contributed by atoms with E-state index < -0.39 is 0 Å². The Balaban J connectivity index is 1.98. The fraction of sp³-hybridized carbons (Fsp3) is 0.571. The van der Waals surface area contributed by atoms with Crippen LogP contribution in [-0.4, -0.2) is 37.2 Å². The topological polar surface area (TPSA) is 38.5 Å². The largest absolute Gasteiger partial charge is 0.376 e. The highest BCUT2D eigenvalue weighted by Gasteiger charge is 2.33. The Kier molecular flexibility index (Phi) is 4.15. The molecule has 1 fully saturated rings. The van der Waals surface area contributed by atoms with Crippen LogP contribution in [0, 0.1) is 0 Å². The molecule has 1 heterocycles. The average molecular weight is 234 g/mol. The molecule has 0 spiro atoms. The average Bonchev–Trinajstić information content (AvgIpc) is 2.40. The van der Waals surface area contributed by atoms with E-state index in [2.05, 4.69) is 35.2 Å². The van der Waals surface area contributed by atoms with Crippen molar-refractivity contribution in [2.45, 2.75) is 25.0 Å². The highest BCUT2D eigenvalue weighted by Crippen LogP contribution is 2.24. The molecule has 1 aromatic carbocycles. The van der Waals surface area contributed by atoms with Gasteiger partial charge in [-0.05, 0) is 24.9 Å². The number of nitrogens with zero attached hydrogens (tertiary/aromatic N) is 1. The molecule has 2 N–H and O–H groups in total.